The molecule has 0 saturated carbocycles. The van der Waals surface area contributed by atoms with E-state index in [1.54, 1.807) is 0 Å². The first-order valence-electron chi connectivity index (χ1n) is 5.68. The van der Waals surface area contributed by atoms with E-state index in [9.17, 15) is 0 Å². The van der Waals surface area contributed by atoms with Crippen LogP contribution in [0.25, 0.3) is 10.9 Å². The third-order valence-electron chi connectivity index (χ3n) is 3.21. The molecular weight excluding hydrogens is 182 g/mol. The van der Waals surface area contributed by atoms with Crippen molar-refractivity contribution in [1.29, 1.82) is 0 Å². The van der Waals surface area contributed by atoms with Gasteiger partial charge in [-0.1, -0.05) is 13.3 Å². The lowest BCUT2D eigenvalue weighted by Crippen LogP contribution is -1.86. The van der Waals surface area contributed by atoms with Gasteiger partial charge in [-0.15, -0.1) is 0 Å². The second-order valence-electron chi connectivity index (χ2n) is 4.47. The van der Waals surface area contributed by atoms with Crippen LogP contribution in [0.5, 0.6) is 0 Å². The summed E-state index contributed by atoms with van der Waals surface area (Å²) >= 11 is 0. The SMILES string of the molecule is CCCc1cn(C)c2cc(C)c(C)cc12. The molecule has 15 heavy (non-hydrogen) atoms. The van der Waals surface area contributed by atoms with Crippen LogP contribution in [0.4, 0.5) is 0 Å². The van der Waals surface area contributed by atoms with Gasteiger partial charge in [-0.3, -0.25) is 0 Å². The lowest BCUT2D eigenvalue weighted by molar-refractivity contribution is 0.903. The van der Waals surface area contributed by atoms with Crippen molar-refractivity contribution in [3.05, 3.63) is 35.0 Å². The smallest absolute Gasteiger partial charge is 0.0483 e. The number of nitrogens with zero attached hydrogens (tertiary/aromatic N) is 1. The van der Waals surface area contributed by atoms with Crippen LogP contribution in [0, 0.1) is 13.8 Å². The van der Waals surface area contributed by atoms with Crippen molar-refractivity contribution in [2.75, 3.05) is 0 Å². The number of aromatic nitrogens is 1. The van der Waals surface area contributed by atoms with Gasteiger partial charge in [0.1, 0.15) is 0 Å². The zero-order chi connectivity index (χ0) is 11.0. The number of rotatable bonds is 2. The van der Waals surface area contributed by atoms with Crippen molar-refractivity contribution >= 4 is 10.9 Å². The van der Waals surface area contributed by atoms with Crippen molar-refractivity contribution in [2.24, 2.45) is 7.05 Å². The van der Waals surface area contributed by atoms with E-state index in [2.05, 4.69) is 50.7 Å². The number of hydrogen-bond donors (Lipinski definition) is 0. The fraction of sp³-hybridized carbons (Fsp3) is 0.429. The molecule has 1 nitrogen and oxygen atoms in total. The first-order chi connectivity index (χ1) is 7.13. The van der Waals surface area contributed by atoms with Crippen molar-refractivity contribution in [3.63, 3.8) is 0 Å². The lowest BCUT2D eigenvalue weighted by atomic mass is 10.0. The van der Waals surface area contributed by atoms with Crippen LogP contribution < -0.4 is 0 Å². The topological polar surface area (TPSA) is 4.93 Å². The molecule has 2 aromatic rings. The van der Waals surface area contributed by atoms with Crippen LogP contribution in [0.15, 0.2) is 18.3 Å². The van der Waals surface area contributed by atoms with Gasteiger partial charge in [0.2, 0.25) is 0 Å². The molecular formula is C14H19N. The second kappa shape index (κ2) is 3.73. The minimum absolute atomic E-state index is 1.18. The monoisotopic (exact) mass is 201 g/mol. The Morgan fingerprint density at radius 2 is 1.80 bits per heavy atom. The average molecular weight is 201 g/mol. The third-order valence-corrected chi connectivity index (χ3v) is 3.21. The molecule has 0 atom stereocenters. The standard InChI is InChI=1S/C14H19N/c1-5-6-12-9-15(4)14-8-11(3)10(2)7-13(12)14/h7-9H,5-6H2,1-4H3. The summed E-state index contributed by atoms with van der Waals surface area (Å²) in [6.45, 7) is 6.61. The third kappa shape index (κ3) is 1.67. The van der Waals surface area contributed by atoms with Crippen LogP contribution in [-0.2, 0) is 13.5 Å². The van der Waals surface area contributed by atoms with Gasteiger partial charge in [-0.25, -0.2) is 0 Å². The summed E-state index contributed by atoms with van der Waals surface area (Å²) in [6, 6.07) is 4.62. The molecule has 0 aliphatic carbocycles. The maximum atomic E-state index is 2.33. The molecule has 1 heterocycles. The Morgan fingerprint density at radius 1 is 1.13 bits per heavy atom. The molecule has 0 aliphatic heterocycles. The zero-order valence-corrected chi connectivity index (χ0v) is 10.1. The Balaban J connectivity index is 2.70. The van der Waals surface area contributed by atoms with Gasteiger partial charge in [0.25, 0.3) is 0 Å². The molecule has 0 N–H and O–H groups in total. The van der Waals surface area contributed by atoms with E-state index in [4.69, 9.17) is 0 Å². The summed E-state index contributed by atoms with van der Waals surface area (Å²) < 4.78 is 2.24. The molecule has 0 amide bonds. The molecule has 0 unspecified atom stereocenters. The number of hydrogen-bond acceptors (Lipinski definition) is 0. The first-order valence-corrected chi connectivity index (χ1v) is 5.68. The molecule has 1 heteroatoms. The Labute approximate surface area is 91.7 Å². The molecule has 0 saturated heterocycles. The van der Waals surface area contributed by atoms with Gasteiger partial charge >= 0.3 is 0 Å². The van der Waals surface area contributed by atoms with Crippen molar-refractivity contribution in [2.45, 2.75) is 33.6 Å². The summed E-state index contributed by atoms with van der Waals surface area (Å²) in [5.41, 5.74) is 5.62. The zero-order valence-electron chi connectivity index (χ0n) is 10.1. The van der Waals surface area contributed by atoms with E-state index in [0.29, 0.717) is 0 Å². The van der Waals surface area contributed by atoms with Gasteiger partial charge < -0.3 is 4.57 Å². The van der Waals surface area contributed by atoms with Crippen molar-refractivity contribution < 1.29 is 0 Å². The summed E-state index contributed by atoms with van der Waals surface area (Å²) in [7, 11) is 2.14. The van der Waals surface area contributed by atoms with Gasteiger partial charge in [0, 0.05) is 24.1 Å². The summed E-state index contributed by atoms with van der Waals surface area (Å²) in [5.74, 6) is 0. The van der Waals surface area contributed by atoms with Gasteiger partial charge in [-0.2, -0.15) is 0 Å². The minimum Gasteiger partial charge on any atom is -0.350 e. The van der Waals surface area contributed by atoms with Crippen LogP contribution in [0.1, 0.15) is 30.0 Å². The van der Waals surface area contributed by atoms with E-state index in [1.807, 2.05) is 0 Å². The fourth-order valence-electron chi connectivity index (χ4n) is 2.19. The highest BCUT2D eigenvalue weighted by Crippen LogP contribution is 2.25. The quantitative estimate of drug-likeness (QED) is 0.697. The van der Waals surface area contributed by atoms with Crippen LogP contribution in [0.2, 0.25) is 0 Å². The normalized spacial score (nSPS) is 11.2. The summed E-state index contributed by atoms with van der Waals surface area (Å²) in [5, 5.41) is 1.43. The van der Waals surface area contributed by atoms with E-state index in [1.165, 1.54) is 40.4 Å². The molecule has 80 valence electrons. The molecule has 0 aliphatic rings. The van der Waals surface area contributed by atoms with Crippen LogP contribution >= 0.6 is 0 Å². The Hall–Kier alpha value is -1.24. The highest BCUT2D eigenvalue weighted by Gasteiger charge is 2.07. The van der Waals surface area contributed by atoms with Crippen LogP contribution in [0.3, 0.4) is 0 Å². The predicted molar refractivity (Wildman–Crippen MR) is 66.4 cm³/mol. The average Bonchev–Trinajstić information content (AvgIpc) is 2.46. The van der Waals surface area contributed by atoms with Crippen molar-refractivity contribution in [1.82, 2.24) is 4.57 Å². The molecule has 1 aromatic heterocycles. The highest BCUT2D eigenvalue weighted by molar-refractivity contribution is 5.85. The summed E-state index contributed by atoms with van der Waals surface area (Å²) in [6.07, 6.45) is 4.67. The van der Waals surface area contributed by atoms with E-state index >= 15 is 0 Å². The van der Waals surface area contributed by atoms with E-state index in [-0.39, 0.29) is 0 Å². The number of fused-ring (bicyclic) bond motifs is 1. The Morgan fingerprint density at radius 3 is 2.47 bits per heavy atom. The van der Waals surface area contributed by atoms with E-state index in [0.717, 1.165) is 0 Å². The Bertz CT molecular complexity index is 491. The second-order valence-corrected chi connectivity index (χ2v) is 4.47. The lowest BCUT2D eigenvalue weighted by Gasteiger charge is -2.02. The van der Waals surface area contributed by atoms with Gasteiger partial charge in [0.05, 0.1) is 0 Å². The molecule has 0 bridgehead atoms. The molecule has 1 aromatic carbocycles. The maximum absolute atomic E-state index is 2.33. The molecule has 0 spiro atoms. The van der Waals surface area contributed by atoms with E-state index < -0.39 is 0 Å². The molecule has 2 rings (SSSR count). The predicted octanol–water partition coefficient (Wildman–Crippen LogP) is 3.75. The number of benzene rings is 1. The molecule has 0 fully saturated rings. The van der Waals surface area contributed by atoms with Gasteiger partial charge in [0.15, 0.2) is 0 Å². The maximum Gasteiger partial charge on any atom is 0.0483 e. The number of aryl methyl sites for hydroxylation is 4. The molecule has 0 radical (unpaired) electrons. The minimum atomic E-state index is 1.18. The van der Waals surface area contributed by atoms with Crippen molar-refractivity contribution in [3.8, 4) is 0 Å². The first kappa shape index (κ1) is 10.3. The highest BCUT2D eigenvalue weighted by atomic mass is 14.9. The fourth-order valence-corrected chi connectivity index (χ4v) is 2.19. The Kier molecular flexibility index (Phi) is 2.56. The van der Waals surface area contributed by atoms with Crippen LogP contribution in [-0.4, -0.2) is 4.57 Å². The summed E-state index contributed by atoms with van der Waals surface area (Å²) in [4.78, 5) is 0. The largest absolute Gasteiger partial charge is 0.350 e. The van der Waals surface area contributed by atoms with Gasteiger partial charge in [-0.05, 0) is 49.1 Å².